The Morgan fingerprint density at radius 3 is 2.39 bits per heavy atom. The molecule has 5 nitrogen and oxygen atoms in total. The molecule has 2 aromatic rings. The smallest absolute Gasteiger partial charge is 0.272 e. The van der Waals surface area contributed by atoms with E-state index in [4.69, 9.17) is 11.6 Å². The molecule has 2 rings (SSSR count). The van der Waals surface area contributed by atoms with E-state index in [0.717, 1.165) is 0 Å². The molecule has 0 saturated heterocycles. The summed E-state index contributed by atoms with van der Waals surface area (Å²) in [7, 11) is -3.78. The summed E-state index contributed by atoms with van der Waals surface area (Å²) < 4.78 is 26.1. The molecule has 0 aliphatic rings. The van der Waals surface area contributed by atoms with E-state index < -0.39 is 15.6 Å². The van der Waals surface area contributed by atoms with Gasteiger partial charge in [-0.15, -0.1) is 0 Å². The summed E-state index contributed by atoms with van der Waals surface area (Å²) in [6.07, 6.45) is 1.42. The quantitative estimate of drug-likeness (QED) is 0.902. The van der Waals surface area contributed by atoms with E-state index >= 15 is 0 Å². The van der Waals surface area contributed by atoms with E-state index in [1.807, 2.05) is 0 Å². The number of hydrogen-bond acceptors (Lipinski definition) is 3. The fourth-order valence-electron chi connectivity index (χ4n) is 1.32. The third kappa shape index (κ3) is 2.72. The van der Waals surface area contributed by atoms with Crippen molar-refractivity contribution in [1.29, 1.82) is 0 Å². The molecule has 0 spiro atoms. The van der Waals surface area contributed by atoms with Gasteiger partial charge in [-0.3, -0.25) is 9.52 Å². The number of benzene rings is 1. The molecule has 94 valence electrons. The first-order chi connectivity index (χ1) is 8.49. The minimum atomic E-state index is -3.78. The number of hydrogen-bond donors (Lipinski definition) is 2. The largest absolute Gasteiger partial charge is 0.327 e. The van der Waals surface area contributed by atoms with E-state index in [-0.39, 0.29) is 10.6 Å². The molecule has 7 heteroatoms. The molecule has 0 aliphatic carbocycles. The van der Waals surface area contributed by atoms with Crippen LogP contribution in [0.3, 0.4) is 0 Å². The first-order valence-electron chi connectivity index (χ1n) is 4.95. The van der Waals surface area contributed by atoms with E-state index in [1.165, 1.54) is 42.6 Å². The van der Waals surface area contributed by atoms with Gasteiger partial charge < -0.3 is 4.98 Å². The second kappa shape index (κ2) is 4.83. The number of halogens is 1. The Bertz CT molecular complexity index is 708. The molecule has 0 bridgehead atoms. The Kier molecular flexibility index (Phi) is 3.40. The van der Waals surface area contributed by atoms with Gasteiger partial charge in [-0.1, -0.05) is 11.6 Å². The molecule has 0 atom stereocenters. The fourth-order valence-corrected chi connectivity index (χ4v) is 2.51. The third-order valence-corrected chi connectivity index (χ3v) is 3.82. The van der Waals surface area contributed by atoms with Crippen LogP contribution in [-0.4, -0.2) is 13.4 Å². The van der Waals surface area contributed by atoms with Gasteiger partial charge >= 0.3 is 0 Å². The Morgan fingerprint density at radius 1 is 1.11 bits per heavy atom. The van der Waals surface area contributed by atoms with Crippen molar-refractivity contribution in [2.24, 2.45) is 0 Å². The lowest BCUT2D eigenvalue weighted by Gasteiger charge is -2.06. The summed E-state index contributed by atoms with van der Waals surface area (Å²) in [5, 5.41) is 0.437. The molecule has 0 fully saturated rings. The number of rotatable bonds is 3. The van der Waals surface area contributed by atoms with Crippen molar-refractivity contribution in [2.75, 3.05) is 4.72 Å². The van der Waals surface area contributed by atoms with Crippen LogP contribution < -0.4 is 10.3 Å². The van der Waals surface area contributed by atoms with Gasteiger partial charge in [0.2, 0.25) is 0 Å². The lowest BCUT2D eigenvalue weighted by Crippen LogP contribution is -2.19. The number of H-pyrrole nitrogens is 1. The van der Waals surface area contributed by atoms with Gasteiger partial charge in [0, 0.05) is 11.2 Å². The maximum absolute atomic E-state index is 12.0. The minimum Gasteiger partial charge on any atom is -0.327 e. The zero-order chi connectivity index (χ0) is 13.2. The summed E-state index contributed by atoms with van der Waals surface area (Å²) in [6.45, 7) is 0. The van der Waals surface area contributed by atoms with Crippen LogP contribution in [0.2, 0.25) is 5.02 Å². The summed E-state index contributed by atoms with van der Waals surface area (Å²) in [4.78, 5) is 13.8. The van der Waals surface area contributed by atoms with Gasteiger partial charge in [0.05, 0.1) is 4.90 Å². The molecule has 0 unspecified atom stereocenters. The minimum absolute atomic E-state index is 0.0348. The van der Waals surface area contributed by atoms with Gasteiger partial charge in [0.1, 0.15) is 5.69 Å². The molecule has 0 saturated carbocycles. The van der Waals surface area contributed by atoms with Crippen LogP contribution in [0.15, 0.2) is 52.3 Å². The van der Waals surface area contributed by atoms with Crippen molar-refractivity contribution in [3.63, 3.8) is 0 Å². The molecule has 0 radical (unpaired) electrons. The lowest BCUT2D eigenvalue weighted by atomic mass is 10.4. The fraction of sp³-hybridized carbons (Fsp3) is 0. The van der Waals surface area contributed by atoms with Crippen LogP contribution in [0.5, 0.6) is 0 Å². The summed E-state index contributed by atoms with van der Waals surface area (Å²) in [5.74, 6) is 0. The highest BCUT2D eigenvalue weighted by atomic mass is 35.5. The number of sulfonamides is 1. The van der Waals surface area contributed by atoms with Gasteiger partial charge in [-0.2, -0.15) is 0 Å². The zero-order valence-corrected chi connectivity index (χ0v) is 10.6. The maximum Gasteiger partial charge on any atom is 0.272 e. The normalized spacial score (nSPS) is 11.2. The number of aromatic nitrogens is 1. The van der Waals surface area contributed by atoms with Crippen LogP contribution in [0.1, 0.15) is 0 Å². The van der Waals surface area contributed by atoms with Gasteiger partial charge in [-0.05, 0) is 36.4 Å². The van der Waals surface area contributed by atoms with Crippen molar-refractivity contribution in [3.8, 4) is 0 Å². The number of pyridine rings is 1. The van der Waals surface area contributed by atoms with E-state index in [9.17, 15) is 13.2 Å². The molecule has 0 amide bonds. The average Bonchev–Trinajstić information content (AvgIpc) is 2.32. The van der Waals surface area contributed by atoms with Gasteiger partial charge in [0.25, 0.3) is 15.6 Å². The van der Waals surface area contributed by atoms with Crippen molar-refractivity contribution in [2.45, 2.75) is 4.90 Å². The first kappa shape index (κ1) is 12.7. The van der Waals surface area contributed by atoms with Crippen LogP contribution in [-0.2, 0) is 10.0 Å². The van der Waals surface area contributed by atoms with Crippen LogP contribution >= 0.6 is 11.6 Å². The highest BCUT2D eigenvalue weighted by Gasteiger charge is 2.15. The van der Waals surface area contributed by atoms with Gasteiger partial charge in [-0.25, -0.2) is 8.42 Å². The number of aromatic amines is 1. The molecule has 1 heterocycles. The molecular formula is C11H9ClN2O3S. The highest BCUT2D eigenvalue weighted by Crippen LogP contribution is 2.16. The van der Waals surface area contributed by atoms with E-state index in [1.54, 1.807) is 0 Å². The van der Waals surface area contributed by atoms with E-state index in [0.29, 0.717) is 5.02 Å². The summed E-state index contributed by atoms with van der Waals surface area (Å²) >= 11 is 5.68. The topological polar surface area (TPSA) is 79.0 Å². The predicted octanol–water partition coefficient (Wildman–Crippen LogP) is 1.83. The van der Waals surface area contributed by atoms with Crippen LogP contribution in [0.4, 0.5) is 5.69 Å². The Balaban J connectivity index is 2.36. The molecule has 1 aromatic heterocycles. The second-order valence-corrected chi connectivity index (χ2v) is 5.59. The Hall–Kier alpha value is -1.79. The van der Waals surface area contributed by atoms with E-state index in [2.05, 4.69) is 9.71 Å². The molecular weight excluding hydrogens is 276 g/mol. The third-order valence-electron chi connectivity index (χ3n) is 2.19. The van der Waals surface area contributed by atoms with Crippen LogP contribution in [0, 0.1) is 0 Å². The standard InChI is InChI=1S/C11H9ClN2O3S/c12-8-3-5-9(6-4-8)18(16,17)14-10-2-1-7-13-11(10)15/h1-7,14H,(H,13,15). The monoisotopic (exact) mass is 284 g/mol. The number of anilines is 1. The number of nitrogens with one attached hydrogen (secondary N) is 2. The van der Waals surface area contributed by atoms with Crippen molar-refractivity contribution < 1.29 is 8.42 Å². The summed E-state index contributed by atoms with van der Waals surface area (Å²) in [5.41, 5.74) is -0.539. The molecule has 1 aromatic carbocycles. The Morgan fingerprint density at radius 2 is 1.78 bits per heavy atom. The van der Waals surface area contributed by atoms with Crippen molar-refractivity contribution in [1.82, 2.24) is 4.98 Å². The van der Waals surface area contributed by atoms with Gasteiger partial charge in [0.15, 0.2) is 0 Å². The maximum atomic E-state index is 12.0. The first-order valence-corrected chi connectivity index (χ1v) is 6.81. The Labute approximate surface area is 108 Å². The SMILES string of the molecule is O=c1[nH]cccc1NS(=O)(=O)c1ccc(Cl)cc1. The molecule has 2 N–H and O–H groups in total. The highest BCUT2D eigenvalue weighted by molar-refractivity contribution is 7.92. The van der Waals surface area contributed by atoms with Crippen molar-refractivity contribution in [3.05, 3.63) is 58.0 Å². The zero-order valence-electron chi connectivity index (χ0n) is 9.05. The molecule has 18 heavy (non-hydrogen) atoms. The second-order valence-electron chi connectivity index (χ2n) is 3.47. The summed E-state index contributed by atoms with van der Waals surface area (Å²) in [6, 6.07) is 8.56. The van der Waals surface area contributed by atoms with Crippen molar-refractivity contribution >= 4 is 27.3 Å². The average molecular weight is 285 g/mol. The van der Waals surface area contributed by atoms with Crippen LogP contribution in [0.25, 0.3) is 0 Å². The lowest BCUT2D eigenvalue weighted by molar-refractivity contribution is 0.601. The molecule has 0 aliphatic heterocycles. The predicted molar refractivity (Wildman–Crippen MR) is 69.3 cm³/mol.